The number of rotatable bonds is 3. The zero-order chi connectivity index (χ0) is 16.4. The normalized spacial score (nSPS) is 15.9. The smallest absolute Gasteiger partial charge is 0.254 e. The highest BCUT2D eigenvalue weighted by Crippen LogP contribution is 2.15. The molecule has 1 aliphatic rings. The first kappa shape index (κ1) is 16.0. The number of benzene rings is 1. The number of amides is 1. The van der Waals surface area contributed by atoms with E-state index >= 15 is 0 Å². The van der Waals surface area contributed by atoms with Gasteiger partial charge in [-0.1, -0.05) is 0 Å². The van der Waals surface area contributed by atoms with Crippen LogP contribution in [0.5, 0.6) is 0 Å². The molecule has 0 N–H and O–H groups in total. The number of aryl methyl sites for hydroxylation is 1. The van der Waals surface area contributed by atoms with Crippen LogP contribution in [-0.4, -0.2) is 46.9 Å². The van der Waals surface area contributed by atoms with Gasteiger partial charge in [-0.15, -0.1) is 11.3 Å². The fourth-order valence-electron chi connectivity index (χ4n) is 2.63. The van der Waals surface area contributed by atoms with Gasteiger partial charge in [-0.05, 0) is 25.1 Å². The highest BCUT2D eigenvalue weighted by molar-refractivity contribution is 7.09. The van der Waals surface area contributed by atoms with Crippen molar-refractivity contribution in [2.24, 2.45) is 0 Å². The molecule has 7 heteroatoms. The highest BCUT2D eigenvalue weighted by atomic mass is 32.1. The Bertz CT molecular complexity index is 711. The molecule has 4 nitrogen and oxygen atoms in total. The van der Waals surface area contributed by atoms with Gasteiger partial charge < -0.3 is 4.90 Å². The molecule has 1 aromatic carbocycles. The lowest BCUT2D eigenvalue weighted by molar-refractivity contribution is 0.0626. The fraction of sp³-hybridized carbons (Fsp3) is 0.375. The second-order valence-corrected chi connectivity index (χ2v) is 6.62. The largest absolute Gasteiger partial charge is 0.336 e. The van der Waals surface area contributed by atoms with Gasteiger partial charge in [0.05, 0.1) is 10.7 Å². The van der Waals surface area contributed by atoms with Gasteiger partial charge in [0, 0.05) is 43.7 Å². The summed E-state index contributed by atoms with van der Waals surface area (Å²) in [7, 11) is 0. The van der Waals surface area contributed by atoms with Crippen molar-refractivity contribution in [3.8, 4) is 0 Å². The molecular weight excluding hydrogens is 320 g/mol. The van der Waals surface area contributed by atoms with E-state index in [-0.39, 0.29) is 11.5 Å². The van der Waals surface area contributed by atoms with Crippen LogP contribution in [-0.2, 0) is 6.54 Å². The Morgan fingerprint density at radius 3 is 2.57 bits per heavy atom. The van der Waals surface area contributed by atoms with Crippen LogP contribution >= 0.6 is 11.3 Å². The van der Waals surface area contributed by atoms with Gasteiger partial charge in [-0.2, -0.15) is 0 Å². The third-order valence-electron chi connectivity index (χ3n) is 3.88. The van der Waals surface area contributed by atoms with Gasteiger partial charge in [0.25, 0.3) is 5.91 Å². The summed E-state index contributed by atoms with van der Waals surface area (Å²) in [5.41, 5.74) is 1.24. The van der Waals surface area contributed by atoms with Crippen molar-refractivity contribution in [1.82, 2.24) is 14.8 Å². The quantitative estimate of drug-likeness (QED) is 0.864. The molecule has 0 bridgehead atoms. The first-order valence-electron chi connectivity index (χ1n) is 7.40. The summed E-state index contributed by atoms with van der Waals surface area (Å²) in [6, 6.07) is 3.27. The van der Waals surface area contributed by atoms with Crippen LogP contribution in [0.2, 0.25) is 0 Å². The Labute approximate surface area is 137 Å². The molecule has 0 unspecified atom stereocenters. The van der Waals surface area contributed by atoms with Crippen molar-refractivity contribution in [2.75, 3.05) is 26.2 Å². The Kier molecular flexibility index (Phi) is 4.68. The van der Waals surface area contributed by atoms with Crippen LogP contribution in [0.15, 0.2) is 23.6 Å². The molecule has 1 aliphatic heterocycles. The van der Waals surface area contributed by atoms with E-state index in [1.165, 1.54) is 6.07 Å². The molecule has 2 aromatic rings. The van der Waals surface area contributed by atoms with Gasteiger partial charge in [0.1, 0.15) is 0 Å². The molecule has 122 valence electrons. The summed E-state index contributed by atoms with van der Waals surface area (Å²) in [6.45, 7) is 5.38. The SMILES string of the molecule is Cc1nc(CN2CCN(C(=O)c3ccc(F)c(F)c3)CC2)cs1. The zero-order valence-corrected chi connectivity index (χ0v) is 13.6. The minimum Gasteiger partial charge on any atom is -0.336 e. The molecule has 3 rings (SSSR count). The molecular formula is C16H17F2N3OS. The van der Waals surface area contributed by atoms with Crippen LogP contribution in [0.4, 0.5) is 8.78 Å². The number of carbonyl (C=O) groups excluding carboxylic acids is 1. The van der Waals surface area contributed by atoms with E-state index in [1.54, 1.807) is 16.2 Å². The minimum atomic E-state index is -0.992. The van der Waals surface area contributed by atoms with Crippen molar-refractivity contribution in [1.29, 1.82) is 0 Å². The van der Waals surface area contributed by atoms with E-state index < -0.39 is 11.6 Å². The highest BCUT2D eigenvalue weighted by Gasteiger charge is 2.23. The number of carbonyl (C=O) groups is 1. The Morgan fingerprint density at radius 2 is 1.96 bits per heavy atom. The van der Waals surface area contributed by atoms with Crippen molar-refractivity contribution in [3.05, 3.63) is 51.5 Å². The third kappa shape index (κ3) is 3.73. The van der Waals surface area contributed by atoms with E-state index in [0.29, 0.717) is 13.1 Å². The molecule has 0 radical (unpaired) electrons. The molecule has 0 atom stereocenters. The van der Waals surface area contributed by atoms with Crippen molar-refractivity contribution >= 4 is 17.2 Å². The third-order valence-corrected chi connectivity index (χ3v) is 4.70. The van der Waals surface area contributed by atoms with Gasteiger partial charge in [0.2, 0.25) is 0 Å². The average molecular weight is 337 g/mol. The number of thiazole rings is 1. The first-order valence-corrected chi connectivity index (χ1v) is 8.28. The number of hydrogen-bond acceptors (Lipinski definition) is 4. The van der Waals surface area contributed by atoms with E-state index in [1.807, 2.05) is 12.3 Å². The Balaban J connectivity index is 1.57. The van der Waals surface area contributed by atoms with E-state index in [2.05, 4.69) is 9.88 Å². The van der Waals surface area contributed by atoms with Crippen LogP contribution in [0.1, 0.15) is 21.1 Å². The van der Waals surface area contributed by atoms with E-state index in [4.69, 9.17) is 0 Å². The van der Waals surface area contributed by atoms with E-state index in [0.717, 1.165) is 42.5 Å². The maximum atomic E-state index is 13.3. The summed E-state index contributed by atoms with van der Waals surface area (Å²) in [5.74, 6) is -2.19. The van der Waals surface area contributed by atoms with Crippen molar-refractivity contribution in [2.45, 2.75) is 13.5 Å². The summed E-state index contributed by atoms with van der Waals surface area (Å²) >= 11 is 1.63. The molecule has 0 aliphatic carbocycles. The summed E-state index contributed by atoms with van der Waals surface area (Å²) in [5, 5.41) is 3.10. The monoisotopic (exact) mass is 337 g/mol. The van der Waals surface area contributed by atoms with Gasteiger partial charge >= 0.3 is 0 Å². The van der Waals surface area contributed by atoms with Gasteiger partial charge in [-0.3, -0.25) is 9.69 Å². The number of halogens is 2. The Hall–Kier alpha value is -1.86. The topological polar surface area (TPSA) is 36.4 Å². The zero-order valence-electron chi connectivity index (χ0n) is 12.8. The molecule has 1 saturated heterocycles. The average Bonchev–Trinajstić information content (AvgIpc) is 2.95. The van der Waals surface area contributed by atoms with Crippen LogP contribution in [0, 0.1) is 18.6 Å². The lowest BCUT2D eigenvalue weighted by Crippen LogP contribution is -2.48. The van der Waals surface area contributed by atoms with E-state index in [9.17, 15) is 13.6 Å². The second kappa shape index (κ2) is 6.72. The lowest BCUT2D eigenvalue weighted by atomic mass is 10.1. The Morgan fingerprint density at radius 1 is 1.22 bits per heavy atom. The lowest BCUT2D eigenvalue weighted by Gasteiger charge is -2.34. The number of aromatic nitrogens is 1. The molecule has 2 heterocycles. The fourth-order valence-corrected chi connectivity index (χ4v) is 3.23. The van der Waals surface area contributed by atoms with Gasteiger partial charge in [0.15, 0.2) is 11.6 Å². The summed E-state index contributed by atoms with van der Waals surface area (Å²) in [6.07, 6.45) is 0. The van der Waals surface area contributed by atoms with Gasteiger partial charge in [-0.25, -0.2) is 13.8 Å². The predicted molar refractivity (Wildman–Crippen MR) is 84.4 cm³/mol. The van der Waals surface area contributed by atoms with Crippen LogP contribution in [0.3, 0.4) is 0 Å². The maximum absolute atomic E-state index is 13.3. The van der Waals surface area contributed by atoms with Crippen LogP contribution < -0.4 is 0 Å². The molecule has 23 heavy (non-hydrogen) atoms. The molecule has 0 saturated carbocycles. The summed E-state index contributed by atoms with van der Waals surface area (Å²) < 4.78 is 26.2. The standard InChI is InChI=1S/C16H17F2N3OS/c1-11-19-13(10-23-11)9-20-4-6-21(7-5-20)16(22)12-2-3-14(17)15(18)8-12/h2-3,8,10H,4-7,9H2,1H3. The maximum Gasteiger partial charge on any atom is 0.254 e. The summed E-state index contributed by atoms with van der Waals surface area (Å²) in [4.78, 5) is 20.7. The predicted octanol–water partition coefficient (Wildman–Crippen LogP) is 2.69. The number of hydrogen-bond donors (Lipinski definition) is 0. The molecule has 1 fully saturated rings. The van der Waals surface area contributed by atoms with Crippen LogP contribution in [0.25, 0.3) is 0 Å². The number of nitrogens with zero attached hydrogens (tertiary/aromatic N) is 3. The first-order chi connectivity index (χ1) is 11.0. The molecule has 0 spiro atoms. The van der Waals surface area contributed by atoms with Crippen molar-refractivity contribution in [3.63, 3.8) is 0 Å². The number of piperazine rings is 1. The minimum absolute atomic E-state index is 0.187. The molecule has 1 amide bonds. The van der Waals surface area contributed by atoms with Crippen molar-refractivity contribution < 1.29 is 13.6 Å². The molecule has 1 aromatic heterocycles. The second-order valence-electron chi connectivity index (χ2n) is 5.56.